The summed E-state index contributed by atoms with van der Waals surface area (Å²) in [6.45, 7) is 2.06. The topological polar surface area (TPSA) is 103 Å². The first-order valence-electron chi connectivity index (χ1n) is 10.4. The van der Waals surface area contributed by atoms with Crippen LogP contribution < -0.4 is 5.32 Å². The number of benzene rings is 2. The molecule has 4 rings (SSSR count). The summed E-state index contributed by atoms with van der Waals surface area (Å²) in [5.41, 5.74) is -1.51. The van der Waals surface area contributed by atoms with Crippen LogP contribution in [0.25, 0.3) is 0 Å². The number of amides is 1. The number of hydrogen-bond acceptors (Lipinski definition) is 6. The van der Waals surface area contributed by atoms with E-state index in [-0.39, 0.29) is 0 Å². The third-order valence-corrected chi connectivity index (χ3v) is 6.38. The molecule has 178 valence electrons. The number of non-ortho nitro benzene ring substituents is 1. The van der Waals surface area contributed by atoms with Crippen molar-refractivity contribution in [3.05, 3.63) is 75.6 Å². The van der Waals surface area contributed by atoms with Crippen molar-refractivity contribution >= 4 is 29.0 Å². The molecule has 1 saturated carbocycles. The Hall–Kier alpha value is -3.41. The number of halogens is 3. The van der Waals surface area contributed by atoms with Gasteiger partial charge in [-0.2, -0.15) is 13.2 Å². The third-order valence-electron chi connectivity index (χ3n) is 5.30. The van der Waals surface area contributed by atoms with Crippen molar-refractivity contribution in [3.63, 3.8) is 0 Å². The van der Waals surface area contributed by atoms with Gasteiger partial charge in [0.15, 0.2) is 5.16 Å². The third kappa shape index (κ3) is 5.38. The maximum absolute atomic E-state index is 13.4. The van der Waals surface area contributed by atoms with Crippen LogP contribution in [-0.2, 0) is 17.5 Å². The van der Waals surface area contributed by atoms with E-state index in [1.54, 1.807) is 6.92 Å². The average molecular weight is 491 g/mol. The fraction of sp³-hybridized carbons (Fsp3) is 0.318. The van der Waals surface area contributed by atoms with E-state index in [2.05, 4.69) is 15.5 Å². The molecule has 3 aromatic rings. The predicted molar refractivity (Wildman–Crippen MR) is 120 cm³/mol. The van der Waals surface area contributed by atoms with Gasteiger partial charge in [0.1, 0.15) is 5.82 Å². The van der Waals surface area contributed by atoms with Crippen LogP contribution in [0, 0.1) is 10.1 Å². The first kappa shape index (κ1) is 23.7. The molecule has 8 nitrogen and oxygen atoms in total. The van der Waals surface area contributed by atoms with Crippen molar-refractivity contribution in [2.24, 2.45) is 0 Å². The molecule has 1 fully saturated rings. The van der Waals surface area contributed by atoms with E-state index in [1.807, 2.05) is 34.9 Å². The molecule has 0 aliphatic heterocycles. The van der Waals surface area contributed by atoms with E-state index < -0.39 is 39.2 Å². The fourth-order valence-electron chi connectivity index (χ4n) is 3.38. The van der Waals surface area contributed by atoms with Crippen molar-refractivity contribution in [3.8, 4) is 0 Å². The Kier molecular flexibility index (Phi) is 6.60. The van der Waals surface area contributed by atoms with E-state index in [1.165, 1.54) is 0 Å². The highest BCUT2D eigenvalue weighted by molar-refractivity contribution is 8.00. The number of nitro groups is 1. The Morgan fingerprint density at radius 3 is 2.56 bits per heavy atom. The van der Waals surface area contributed by atoms with Gasteiger partial charge in [0.25, 0.3) is 5.69 Å². The van der Waals surface area contributed by atoms with Gasteiger partial charge in [-0.15, -0.1) is 10.2 Å². The van der Waals surface area contributed by atoms with Crippen LogP contribution in [-0.4, -0.2) is 30.8 Å². The molecule has 12 heteroatoms. The van der Waals surface area contributed by atoms with Crippen LogP contribution in [0.5, 0.6) is 0 Å². The van der Waals surface area contributed by atoms with E-state index in [9.17, 15) is 28.1 Å². The zero-order chi connectivity index (χ0) is 24.5. The molecule has 1 amide bonds. The lowest BCUT2D eigenvalue weighted by atomic mass is 10.1. The number of carbonyl (C=O) groups excluding carboxylic acids is 1. The van der Waals surface area contributed by atoms with Gasteiger partial charge < -0.3 is 9.88 Å². The molecule has 0 unspecified atom stereocenters. The van der Waals surface area contributed by atoms with Gasteiger partial charge in [-0.05, 0) is 31.4 Å². The van der Waals surface area contributed by atoms with Crippen LogP contribution in [0.15, 0.2) is 53.7 Å². The van der Waals surface area contributed by atoms with Gasteiger partial charge in [-0.25, -0.2) is 0 Å². The van der Waals surface area contributed by atoms with Crippen molar-refractivity contribution in [1.29, 1.82) is 0 Å². The molecule has 1 heterocycles. The molecule has 2 aromatic carbocycles. The normalized spacial score (nSPS) is 14.6. The molecule has 1 aliphatic rings. The van der Waals surface area contributed by atoms with Crippen molar-refractivity contribution in [2.75, 3.05) is 5.32 Å². The van der Waals surface area contributed by atoms with Gasteiger partial charge in [-0.3, -0.25) is 14.9 Å². The number of aromatic nitrogens is 3. The van der Waals surface area contributed by atoms with Crippen LogP contribution in [0.1, 0.15) is 42.6 Å². The van der Waals surface area contributed by atoms with Gasteiger partial charge in [-0.1, -0.05) is 42.1 Å². The minimum Gasteiger partial charge on any atom is -0.325 e. The highest BCUT2D eigenvalue weighted by Gasteiger charge is 2.36. The molecular weight excluding hydrogens is 471 g/mol. The maximum Gasteiger partial charge on any atom is 0.418 e. The molecule has 0 spiro atoms. The summed E-state index contributed by atoms with van der Waals surface area (Å²) in [6, 6.07) is 11.9. The lowest BCUT2D eigenvalue weighted by molar-refractivity contribution is -0.385. The van der Waals surface area contributed by atoms with Crippen LogP contribution in [0.4, 0.5) is 24.5 Å². The highest BCUT2D eigenvalue weighted by Crippen LogP contribution is 2.41. The number of hydrogen-bond donors (Lipinski definition) is 1. The molecule has 0 saturated heterocycles. The Bertz CT molecular complexity index is 1210. The molecule has 1 aromatic heterocycles. The summed E-state index contributed by atoms with van der Waals surface area (Å²) in [5.74, 6) is 0.449. The molecule has 0 radical (unpaired) electrons. The Morgan fingerprint density at radius 1 is 1.24 bits per heavy atom. The SMILES string of the molecule is C[C@H](Sc1nnc(C2CC2)n1Cc1ccccc1)C(=O)Nc1ccc([N+](=O)[O-])cc1C(F)(F)F. The lowest BCUT2D eigenvalue weighted by Crippen LogP contribution is -2.25. The van der Waals surface area contributed by atoms with Gasteiger partial charge in [0, 0.05) is 18.1 Å². The van der Waals surface area contributed by atoms with E-state index in [0.29, 0.717) is 23.7 Å². The second kappa shape index (κ2) is 9.45. The second-order valence-corrected chi connectivity index (χ2v) is 9.23. The summed E-state index contributed by atoms with van der Waals surface area (Å²) in [5, 5.41) is 21.3. The van der Waals surface area contributed by atoms with E-state index in [0.717, 1.165) is 48.1 Å². The van der Waals surface area contributed by atoms with Crippen molar-refractivity contribution in [2.45, 2.75) is 48.8 Å². The summed E-state index contributed by atoms with van der Waals surface area (Å²) >= 11 is 1.09. The number of thioether (sulfide) groups is 1. The number of rotatable bonds is 8. The number of nitrogens with zero attached hydrogens (tertiary/aromatic N) is 4. The average Bonchev–Trinajstić information content (AvgIpc) is 3.56. The minimum atomic E-state index is -4.87. The zero-order valence-electron chi connectivity index (χ0n) is 18.0. The van der Waals surface area contributed by atoms with E-state index >= 15 is 0 Å². The molecular formula is C22H20F3N5O3S. The predicted octanol–water partition coefficient (Wildman–Crippen LogP) is 5.25. The quantitative estimate of drug-likeness (QED) is 0.262. The smallest absolute Gasteiger partial charge is 0.325 e. The van der Waals surface area contributed by atoms with Crippen LogP contribution in [0.3, 0.4) is 0 Å². The number of carbonyl (C=O) groups is 1. The van der Waals surface area contributed by atoms with Gasteiger partial charge in [0.05, 0.1) is 28.0 Å². The maximum atomic E-state index is 13.4. The van der Waals surface area contributed by atoms with Crippen LogP contribution >= 0.6 is 11.8 Å². The Labute approximate surface area is 196 Å². The fourth-order valence-corrected chi connectivity index (χ4v) is 4.24. The number of alkyl halides is 3. The Balaban J connectivity index is 1.53. The number of anilines is 1. The molecule has 1 atom stereocenters. The van der Waals surface area contributed by atoms with Crippen molar-refractivity contribution in [1.82, 2.24) is 14.8 Å². The summed E-state index contributed by atoms with van der Waals surface area (Å²) < 4.78 is 42.2. The summed E-state index contributed by atoms with van der Waals surface area (Å²) in [6.07, 6.45) is -2.86. The minimum absolute atomic E-state index is 0.309. The first-order chi connectivity index (χ1) is 16.1. The van der Waals surface area contributed by atoms with Gasteiger partial charge in [0.2, 0.25) is 5.91 Å². The summed E-state index contributed by atoms with van der Waals surface area (Å²) in [4.78, 5) is 22.7. The number of nitro benzene ring substituents is 1. The van der Waals surface area contributed by atoms with Gasteiger partial charge >= 0.3 is 6.18 Å². The summed E-state index contributed by atoms with van der Waals surface area (Å²) in [7, 11) is 0. The Morgan fingerprint density at radius 2 is 1.94 bits per heavy atom. The number of nitrogens with one attached hydrogen (secondary N) is 1. The monoisotopic (exact) mass is 491 g/mol. The van der Waals surface area contributed by atoms with E-state index in [4.69, 9.17) is 0 Å². The molecule has 0 bridgehead atoms. The van der Waals surface area contributed by atoms with Crippen LogP contribution in [0.2, 0.25) is 0 Å². The molecule has 34 heavy (non-hydrogen) atoms. The highest BCUT2D eigenvalue weighted by atomic mass is 32.2. The van der Waals surface area contributed by atoms with Crippen molar-refractivity contribution < 1.29 is 22.9 Å². The zero-order valence-corrected chi connectivity index (χ0v) is 18.8. The lowest BCUT2D eigenvalue weighted by Gasteiger charge is -2.16. The second-order valence-electron chi connectivity index (χ2n) is 7.92. The molecule has 1 aliphatic carbocycles. The standard InChI is InChI=1S/C22H20F3N5O3S/c1-13(20(31)26-18-10-9-16(30(32)33)11-17(18)22(23,24)25)34-21-28-27-19(15-7-8-15)29(21)12-14-5-3-2-4-6-14/h2-6,9-11,13,15H,7-8,12H2,1H3,(H,26,31)/t13-/m0/s1. The largest absolute Gasteiger partial charge is 0.418 e. The first-order valence-corrected chi connectivity index (χ1v) is 11.3. The molecule has 1 N–H and O–H groups in total.